The lowest BCUT2D eigenvalue weighted by molar-refractivity contribution is -0.274. The van der Waals surface area contributed by atoms with E-state index in [2.05, 4.69) is 20.9 Å². The second-order valence-corrected chi connectivity index (χ2v) is 8.48. The molecule has 2 amide bonds. The molecule has 3 atom stereocenters. The Kier molecular flexibility index (Phi) is 6.38. The number of nitrogens with one attached hydrogen (secondary N) is 3. The van der Waals surface area contributed by atoms with E-state index in [-0.39, 0.29) is 29.5 Å². The lowest BCUT2D eigenvalue weighted by Crippen LogP contribution is -2.51. The maximum Gasteiger partial charge on any atom is 0.573 e. The Hall–Kier alpha value is -2.33. The van der Waals surface area contributed by atoms with Crippen LogP contribution in [0.3, 0.4) is 0 Å². The first-order valence-corrected chi connectivity index (χ1v) is 10.8. The highest BCUT2D eigenvalue weighted by atomic mass is 19.4. The summed E-state index contributed by atoms with van der Waals surface area (Å²) in [6.07, 6.45) is 0.843. The summed E-state index contributed by atoms with van der Waals surface area (Å²) in [4.78, 5) is 27.4. The molecule has 10 heteroatoms. The molecule has 170 valence electrons. The molecule has 3 aliphatic rings. The van der Waals surface area contributed by atoms with Gasteiger partial charge in [0.05, 0.1) is 0 Å². The number of hydrazine groups is 1. The second-order valence-electron chi connectivity index (χ2n) is 8.48. The Bertz CT molecular complexity index is 794. The van der Waals surface area contributed by atoms with Gasteiger partial charge in [0.2, 0.25) is 11.8 Å². The van der Waals surface area contributed by atoms with Crippen molar-refractivity contribution in [3.05, 3.63) is 24.3 Å². The first-order valence-electron chi connectivity index (χ1n) is 10.8. The van der Waals surface area contributed by atoms with E-state index in [0.29, 0.717) is 43.6 Å². The highest BCUT2D eigenvalue weighted by Crippen LogP contribution is 2.32. The van der Waals surface area contributed by atoms with Crippen molar-refractivity contribution in [1.29, 1.82) is 0 Å². The number of halogens is 3. The molecule has 2 heterocycles. The van der Waals surface area contributed by atoms with Crippen LogP contribution in [0, 0.1) is 11.8 Å². The molecule has 2 saturated heterocycles. The number of carbonyl (C=O) groups is 2. The van der Waals surface area contributed by atoms with Crippen molar-refractivity contribution < 1.29 is 27.5 Å². The number of hydrogen-bond donors (Lipinski definition) is 3. The van der Waals surface area contributed by atoms with E-state index >= 15 is 0 Å². The number of fused-ring (bicyclic) bond motifs is 1. The summed E-state index contributed by atoms with van der Waals surface area (Å²) in [5.74, 6) is -0.350. The van der Waals surface area contributed by atoms with E-state index in [1.54, 1.807) is 0 Å². The van der Waals surface area contributed by atoms with Gasteiger partial charge in [-0.25, -0.2) is 5.43 Å². The average molecular weight is 440 g/mol. The fourth-order valence-corrected chi connectivity index (χ4v) is 4.83. The summed E-state index contributed by atoms with van der Waals surface area (Å²) in [5.41, 5.74) is 6.85. The Morgan fingerprint density at radius 1 is 1.00 bits per heavy atom. The van der Waals surface area contributed by atoms with Gasteiger partial charge in [0, 0.05) is 36.7 Å². The molecule has 4 rings (SSSR count). The van der Waals surface area contributed by atoms with Gasteiger partial charge < -0.3 is 15.0 Å². The number of amides is 2. The Balaban J connectivity index is 1.26. The van der Waals surface area contributed by atoms with E-state index < -0.39 is 6.36 Å². The predicted octanol–water partition coefficient (Wildman–Crippen LogP) is 2.80. The highest BCUT2D eigenvalue weighted by Gasteiger charge is 2.43. The summed E-state index contributed by atoms with van der Waals surface area (Å²) in [6, 6.07) is 5.22. The number of alkyl halides is 3. The molecule has 31 heavy (non-hydrogen) atoms. The van der Waals surface area contributed by atoms with Gasteiger partial charge in [-0.05, 0) is 49.9 Å². The third-order valence-corrected chi connectivity index (χ3v) is 6.47. The van der Waals surface area contributed by atoms with Crippen LogP contribution in [-0.2, 0) is 9.59 Å². The maximum absolute atomic E-state index is 13.0. The molecular weight excluding hydrogens is 413 g/mol. The van der Waals surface area contributed by atoms with Gasteiger partial charge in [-0.15, -0.1) is 13.2 Å². The number of rotatable bonds is 4. The topological polar surface area (TPSA) is 82.7 Å². The minimum Gasteiger partial charge on any atom is -0.406 e. The van der Waals surface area contributed by atoms with E-state index in [1.807, 2.05) is 4.90 Å². The number of likely N-dealkylation sites (tertiary alicyclic amines) is 1. The number of carbonyl (C=O) groups excluding carboxylic acids is 2. The molecule has 1 aliphatic carbocycles. The summed E-state index contributed by atoms with van der Waals surface area (Å²) >= 11 is 0. The molecule has 3 unspecified atom stereocenters. The number of ether oxygens (including phenoxy) is 1. The third kappa shape index (κ3) is 5.30. The zero-order valence-electron chi connectivity index (χ0n) is 17.1. The maximum atomic E-state index is 13.0. The highest BCUT2D eigenvalue weighted by molar-refractivity contribution is 5.93. The number of hydrogen-bond acceptors (Lipinski definition) is 5. The zero-order chi connectivity index (χ0) is 22.0. The van der Waals surface area contributed by atoms with E-state index in [9.17, 15) is 22.8 Å². The van der Waals surface area contributed by atoms with Crippen LogP contribution < -0.4 is 20.9 Å². The van der Waals surface area contributed by atoms with Crippen LogP contribution in [0.4, 0.5) is 18.9 Å². The van der Waals surface area contributed by atoms with Crippen molar-refractivity contribution in [1.82, 2.24) is 15.8 Å². The zero-order valence-corrected chi connectivity index (χ0v) is 17.1. The molecular formula is C21H27F3N4O3. The Labute approximate surface area is 178 Å². The van der Waals surface area contributed by atoms with Gasteiger partial charge in [0.15, 0.2) is 0 Å². The quantitative estimate of drug-likeness (QED) is 0.671. The van der Waals surface area contributed by atoms with Crippen molar-refractivity contribution in [2.45, 2.75) is 57.0 Å². The normalized spacial score (nSPS) is 26.9. The van der Waals surface area contributed by atoms with Gasteiger partial charge in [-0.2, -0.15) is 0 Å². The molecule has 0 aromatic heterocycles. The second kappa shape index (κ2) is 9.04. The van der Waals surface area contributed by atoms with Crippen LogP contribution >= 0.6 is 0 Å². The number of nitrogens with zero attached hydrogens (tertiary/aromatic N) is 1. The van der Waals surface area contributed by atoms with Crippen LogP contribution in [0.5, 0.6) is 5.75 Å². The summed E-state index contributed by atoms with van der Waals surface area (Å²) < 4.78 is 40.5. The minimum atomic E-state index is -4.75. The lowest BCUT2D eigenvalue weighted by Gasteiger charge is -2.35. The van der Waals surface area contributed by atoms with Gasteiger partial charge in [0.1, 0.15) is 11.8 Å². The van der Waals surface area contributed by atoms with Crippen LogP contribution in [0.15, 0.2) is 24.3 Å². The van der Waals surface area contributed by atoms with Gasteiger partial charge >= 0.3 is 6.36 Å². The fourth-order valence-electron chi connectivity index (χ4n) is 4.83. The summed E-state index contributed by atoms with van der Waals surface area (Å²) in [6.45, 7) is 1.04. The first-order chi connectivity index (χ1) is 14.8. The molecule has 3 N–H and O–H groups in total. The summed E-state index contributed by atoms with van der Waals surface area (Å²) in [5, 5.41) is 2.74. The van der Waals surface area contributed by atoms with Crippen LogP contribution in [0.1, 0.15) is 38.5 Å². The number of piperidine rings is 1. The van der Waals surface area contributed by atoms with E-state index in [0.717, 1.165) is 31.4 Å². The fraction of sp³-hybridized carbons (Fsp3) is 0.619. The molecule has 1 aromatic carbocycles. The monoisotopic (exact) mass is 440 g/mol. The Morgan fingerprint density at radius 2 is 1.68 bits per heavy atom. The van der Waals surface area contributed by atoms with E-state index in [4.69, 9.17) is 0 Å². The van der Waals surface area contributed by atoms with Crippen LogP contribution in [0.2, 0.25) is 0 Å². The standard InChI is InChI=1S/C21H27F3N4O3/c22-21(23,24)31-15-7-5-14(6-8-15)25-19(29)13-9-11-28(12-10-13)20(30)18-16-3-1-2-4-17(16)26-27-18/h5-8,13,16-18,26-27H,1-4,9-12H2,(H,25,29). The molecule has 1 aromatic rings. The van der Waals surface area contributed by atoms with Gasteiger partial charge in [0.25, 0.3) is 0 Å². The number of anilines is 1. The SMILES string of the molecule is O=C(Nc1ccc(OC(F)(F)F)cc1)C1CCN(C(=O)C2NNC3CCCCC32)CC1. The minimum absolute atomic E-state index is 0.0982. The number of benzene rings is 1. The van der Waals surface area contributed by atoms with Gasteiger partial charge in [-0.1, -0.05) is 12.8 Å². The van der Waals surface area contributed by atoms with Crippen LogP contribution in [-0.4, -0.2) is 48.2 Å². The molecule has 1 saturated carbocycles. The lowest BCUT2D eigenvalue weighted by atomic mass is 9.81. The molecule has 0 spiro atoms. The third-order valence-electron chi connectivity index (χ3n) is 6.47. The molecule has 7 nitrogen and oxygen atoms in total. The predicted molar refractivity (Wildman–Crippen MR) is 107 cm³/mol. The molecule has 0 radical (unpaired) electrons. The molecule has 3 fully saturated rings. The van der Waals surface area contributed by atoms with Crippen molar-refractivity contribution >= 4 is 17.5 Å². The first kappa shape index (κ1) is 21.9. The Morgan fingerprint density at radius 3 is 2.35 bits per heavy atom. The average Bonchev–Trinajstić information content (AvgIpc) is 3.18. The van der Waals surface area contributed by atoms with Crippen molar-refractivity contribution in [2.24, 2.45) is 11.8 Å². The largest absolute Gasteiger partial charge is 0.573 e. The summed E-state index contributed by atoms with van der Waals surface area (Å²) in [7, 11) is 0. The van der Waals surface area contributed by atoms with Crippen LogP contribution in [0.25, 0.3) is 0 Å². The van der Waals surface area contributed by atoms with E-state index in [1.165, 1.54) is 18.6 Å². The smallest absolute Gasteiger partial charge is 0.406 e. The van der Waals surface area contributed by atoms with Gasteiger partial charge in [-0.3, -0.25) is 15.0 Å². The van der Waals surface area contributed by atoms with Crippen molar-refractivity contribution in [3.8, 4) is 5.75 Å². The molecule has 0 bridgehead atoms. The van der Waals surface area contributed by atoms with Crippen molar-refractivity contribution in [3.63, 3.8) is 0 Å². The van der Waals surface area contributed by atoms with Crippen molar-refractivity contribution in [2.75, 3.05) is 18.4 Å². The molecule has 2 aliphatic heterocycles.